The average Bonchev–Trinajstić information content (AvgIpc) is 3.27. The summed E-state index contributed by atoms with van der Waals surface area (Å²) in [6, 6.07) is 24.9. The van der Waals surface area contributed by atoms with E-state index in [0.717, 1.165) is 26.9 Å². The Morgan fingerprint density at radius 3 is 2.14 bits per heavy atom. The zero-order valence-electron chi connectivity index (χ0n) is 15.4. The summed E-state index contributed by atoms with van der Waals surface area (Å²) in [7, 11) is 0. The monoisotopic (exact) mass is 383 g/mol. The molecular formula is C23H17N3O3. The van der Waals surface area contributed by atoms with Crippen molar-refractivity contribution in [2.45, 2.75) is 12.6 Å². The largest absolute Gasteiger partial charge is 0.437 e. The summed E-state index contributed by atoms with van der Waals surface area (Å²) in [6.45, 7) is -0.212. The van der Waals surface area contributed by atoms with Crippen LogP contribution in [0.3, 0.4) is 0 Å². The van der Waals surface area contributed by atoms with Crippen molar-refractivity contribution in [1.29, 1.82) is 0 Å². The highest BCUT2D eigenvalue weighted by Crippen LogP contribution is 2.42. The maximum atomic E-state index is 12.7. The van der Waals surface area contributed by atoms with E-state index in [2.05, 4.69) is 22.5 Å². The third-order valence-electron chi connectivity index (χ3n) is 5.06. The zero-order chi connectivity index (χ0) is 19.8. The van der Waals surface area contributed by atoms with Crippen molar-refractivity contribution in [1.82, 2.24) is 15.1 Å². The molecule has 0 spiro atoms. The van der Waals surface area contributed by atoms with Crippen molar-refractivity contribution < 1.29 is 9.21 Å². The van der Waals surface area contributed by atoms with Crippen LogP contribution in [0.25, 0.3) is 22.6 Å². The first-order valence-electron chi connectivity index (χ1n) is 9.31. The highest BCUT2D eigenvalue weighted by atomic mass is 16.4. The molecule has 1 aliphatic carbocycles. The Balaban J connectivity index is 1.40. The number of benzene rings is 3. The van der Waals surface area contributed by atoms with Gasteiger partial charge < -0.3 is 9.73 Å². The number of amides is 1. The lowest BCUT2D eigenvalue weighted by Crippen LogP contribution is -2.34. The Morgan fingerprint density at radius 1 is 0.897 bits per heavy atom. The fourth-order valence-corrected chi connectivity index (χ4v) is 3.76. The van der Waals surface area contributed by atoms with Crippen LogP contribution in [0.4, 0.5) is 0 Å². The molecule has 3 aromatic carbocycles. The molecule has 0 bridgehead atoms. The number of hydrogen-bond donors (Lipinski definition) is 1. The fourth-order valence-electron chi connectivity index (χ4n) is 3.76. The zero-order valence-corrected chi connectivity index (χ0v) is 15.4. The van der Waals surface area contributed by atoms with E-state index in [1.807, 2.05) is 54.6 Å². The lowest BCUT2D eigenvalue weighted by atomic mass is 10.1. The van der Waals surface area contributed by atoms with Gasteiger partial charge in [-0.1, -0.05) is 66.7 Å². The molecule has 0 fully saturated rings. The summed E-state index contributed by atoms with van der Waals surface area (Å²) in [5, 5.41) is 7.20. The molecule has 0 radical (unpaired) electrons. The van der Waals surface area contributed by atoms with Gasteiger partial charge in [0, 0.05) is 5.56 Å². The summed E-state index contributed by atoms with van der Waals surface area (Å²) in [4.78, 5) is 24.9. The van der Waals surface area contributed by atoms with E-state index in [0.29, 0.717) is 5.56 Å². The minimum atomic E-state index is -0.661. The molecule has 0 atom stereocenters. The van der Waals surface area contributed by atoms with Crippen LogP contribution in [0, 0.1) is 0 Å². The van der Waals surface area contributed by atoms with Gasteiger partial charge in [0.1, 0.15) is 6.54 Å². The van der Waals surface area contributed by atoms with Gasteiger partial charge in [0.05, 0.1) is 6.04 Å². The predicted molar refractivity (Wildman–Crippen MR) is 108 cm³/mol. The second-order valence-corrected chi connectivity index (χ2v) is 6.87. The third kappa shape index (κ3) is 3.04. The van der Waals surface area contributed by atoms with Crippen LogP contribution < -0.4 is 11.1 Å². The van der Waals surface area contributed by atoms with E-state index < -0.39 is 5.76 Å². The van der Waals surface area contributed by atoms with Crippen LogP contribution in [-0.4, -0.2) is 15.7 Å². The lowest BCUT2D eigenvalue weighted by molar-refractivity contribution is -0.122. The molecule has 6 heteroatoms. The number of nitrogens with zero attached hydrogens (tertiary/aromatic N) is 2. The molecule has 0 saturated heterocycles. The second-order valence-electron chi connectivity index (χ2n) is 6.87. The molecular weight excluding hydrogens is 366 g/mol. The van der Waals surface area contributed by atoms with Gasteiger partial charge in [0.2, 0.25) is 11.8 Å². The van der Waals surface area contributed by atoms with Gasteiger partial charge in [-0.05, 0) is 34.4 Å². The van der Waals surface area contributed by atoms with E-state index in [1.54, 1.807) is 12.1 Å². The molecule has 4 aromatic rings. The standard InChI is InChI=1S/C23H17N3O3/c27-20(14-26-23(28)29-22(25-26)15-8-2-1-3-9-15)24-21-18-12-6-4-10-16(18)17-11-5-7-13-19(17)21/h1-13,21H,14H2,(H,24,27). The maximum absolute atomic E-state index is 12.7. The first-order chi connectivity index (χ1) is 14.2. The smallest absolute Gasteiger partial charge is 0.388 e. The van der Waals surface area contributed by atoms with Crippen LogP contribution in [0.15, 0.2) is 88.1 Å². The number of aromatic nitrogens is 2. The Morgan fingerprint density at radius 2 is 1.48 bits per heavy atom. The van der Waals surface area contributed by atoms with E-state index >= 15 is 0 Å². The summed E-state index contributed by atoms with van der Waals surface area (Å²) in [5.74, 6) is -0.775. The van der Waals surface area contributed by atoms with Gasteiger partial charge in [0.25, 0.3) is 0 Å². The van der Waals surface area contributed by atoms with Crippen molar-refractivity contribution in [2.75, 3.05) is 0 Å². The number of nitrogens with one attached hydrogen (secondary N) is 1. The molecule has 1 aromatic heterocycles. The SMILES string of the molecule is O=C(Cn1nc(-c2ccccc2)oc1=O)NC1c2ccccc2-c2ccccc21. The van der Waals surface area contributed by atoms with E-state index in [9.17, 15) is 9.59 Å². The van der Waals surface area contributed by atoms with Crippen LogP contribution in [0.5, 0.6) is 0 Å². The molecule has 5 rings (SSSR count). The molecule has 0 saturated carbocycles. The van der Waals surface area contributed by atoms with Gasteiger partial charge in [0.15, 0.2) is 0 Å². The van der Waals surface area contributed by atoms with Gasteiger partial charge in [-0.15, -0.1) is 5.10 Å². The summed E-state index contributed by atoms with van der Waals surface area (Å²) >= 11 is 0. The lowest BCUT2D eigenvalue weighted by Gasteiger charge is -2.15. The third-order valence-corrected chi connectivity index (χ3v) is 5.06. The molecule has 1 amide bonds. The molecule has 29 heavy (non-hydrogen) atoms. The van der Waals surface area contributed by atoms with Gasteiger partial charge in [-0.2, -0.15) is 4.68 Å². The number of carbonyl (C=O) groups is 1. The van der Waals surface area contributed by atoms with E-state index in [-0.39, 0.29) is 24.4 Å². The number of fused-ring (bicyclic) bond motifs is 3. The number of carbonyl (C=O) groups excluding carboxylic acids is 1. The van der Waals surface area contributed by atoms with Gasteiger partial charge >= 0.3 is 5.76 Å². The van der Waals surface area contributed by atoms with Crippen LogP contribution in [-0.2, 0) is 11.3 Å². The minimum absolute atomic E-state index is 0.194. The summed E-state index contributed by atoms with van der Waals surface area (Å²) in [5.41, 5.74) is 4.98. The average molecular weight is 383 g/mol. The van der Waals surface area contributed by atoms with Crippen LogP contribution >= 0.6 is 0 Å². The highest BCUT2D eigenvalue weighted by molar-refractivity contribution is 5.83. The normalized spacial score (nSPS) is 12.4. The quantitative estimate of drug-likeness (QED) is 0.586. The second kappa shape index (κ2) is 6.91. The van der Waals surface area contributed by atoms with E-state index in [1.165, 1.54) is 0 Å². The summed E-state index contributed by atoms with van der Waals surface area (Å²) in [6.07, 6.45) is 0. The molecule has 142 valence electrons. The molecule has 0 unspecified atom stereocenters. The number of rotatable bonds is 4. The van der Waals surface area contributed by atoms with Crippen molar-refractivity contribution in [3.8, 4) is 22.6 Å². The Hall–Kier alpha value is -3.93. The minimum Gasteiger partial charge on any atom is -0.388 e. The Kier molecular flexibility index (Phi) is 4.09. The van der Waals surface area contributed by atoms with E-state index in [4.69, 9.17) is 4.42 Å². The Labute approximate surface area is 166 Å². The van der Waals surface area contributed by atoms with Crippen molar-refractivity contribution >= 4 is 5.91 Å². The maximum Gasteiger partial charge on any atom is 0.437 e. The summed E-state index contributed by atoms with van der Waals surface area (Å²) < 4.78 is 6.25. The first-order valence-corrected chi connectivity index (χ1v) is 9.31. The highest BCUT2D eigenvalue weighted by Gasteiger charge is 2.29. The molecule has 0 aliphatic heterocycles. The first kappa shape index (κ1) is 17.2. The topological polar surface area (TPSA) is 77.1 Å². The molecule has 6 nitrogen and oxygen atoms in total. The van der Waals surface area contributed by atoms with Crippen molar-refractivity contribution in [3.05, 3.63) is 101 Å². The fraction of sp³-hybridized carbons (Fsp3) is 0.0870. The molecule has 1 heterocycles. The molecule has 1 N–H and O–H groups in total. The van der Waals surface area contributed by atoms with Crippen molar-refractivity contribution in [3.63, 3.8) is 0 Å². The predicted octanol–water partition coefficient (Wildman–Crippen LogP) is 3.39. The van der Waals surface area contributed by atoms with Gasteiger partial charge in [-0.3, -0.25) is 4.79 Å². The number of hydrogen-bond acceptors (Lipinski definition) is 4. The molecule has 1 aliphatic rings. The van der Waals surface area contributed by atoms with Crippen LogP contribution in [0.2, 0.25) is 0 Å². The van der Waals surface area contributed by atoms with Gasteiger partial charge in [-0.25, -0.2) is 4.79 Å². The Bertz CT molecular complexity index is 1210. The van der Waals surface area contributed by atoms with Crippen molar-refractivity contribution in [2.24, 2.45) is 0 Å². The van der Waals surface area contributed by atoms with Crippen LogP contribution in [0.1, 0.15) is 17.2 Å².